The van der Waals surface area contributed by atoms with Crippen molar-refractivity contribution < 1.29 is 8.78 Å². The summed E-state index contributed by atoms with van der Waals surface area (Å²) >= 11 is 0. The van der Waals surface area contributed by atoms with Crippen LogP contribution in [0.4, 0.5) is 8.78 Å². The molecule has 1 aliphatic heterocycles. The molecule has 0 spiro atoms. The summed E-state index contributed by atoms with van der Waals surface area (Å²) in [6.45, 7) is 16.5. The van der Waals surface area contributed by atoms with E-state index < -0.39 is 12.3 Å². The summed E-state index contributed by atoms with van der Waals surface area (Å²) in [5.74, 6) is -0.479. The van der Waals surface area contributed by atoms with Crippen LogP contribution in [-0.2, 0) is 0 Å². The first-order valence-corrected chi connectivity index (χ1v) is 7.86. The summed E-state index contributed by atoms with van der Waals surface area (Å²) in [6, 6.07) is 0. The molecule has 0 aliphatic carbocycles. The van der Waals surface area contributed by atoms with Crippen molar-refractivity contribution in [1.29, 1.82) is 0 Å². The van der Waals surface area contributed by atoms with Gasteiger partial charge in [0.2, 0.25) is 6.43 Å². The van der Waals surface area contributed by atoms with Gasteiger partial charge in [-0.1, -0.05) is 39.2 Å². The number of nitrogens with zero attached hydrogens (tertiary/aromatic N) is 1. The fraction of sp³-hybridized carbons (Fsp3) is 0.556. The number of hydrogen-bond donors (Lipinski definition) is 1. The van der Waals surface area contributed by atoms with E-state index in [0.29, 0.717) is 31.6 Å². The van der Waals surface area contributed by atoms with Crippen LogP contribution in [0.3, 0.4) is 0 Å². The van der Waals surface area contributed by atoms with Gasteiger partial charge in [0.1, 0.15) is 0 Å². The lowest BCUT2D eigenvalue weighted by Crippen LogP contribution is -2.35. The van der Waals surface area contributed by atoms with E-state index in [1.807, 2.05) is 44.7 Å². The summed E-state index contributed by atoms with van der Waals surface area (Å²) in [7, 11) is 0. The maximum absolute atomic E-state index is 12.5. The van der Waals surface area contributed by atoms with Crippen molar-refractivity contribution in [1.82, 2.24) is 4.90 Å². The third-order valence-corrected chi connectivity index (χ3v) is 3.28. The molecule has 0 radical (unpaired) electrons. The van der Waals surface area contributed by atoms with Crippen LogP contribution in [0.25, 0.3) is 0 Å². The Morgan fingerprint density at radius 3 is 1.82 bits per heavy atom. The number of piperidine rings is 1. The Balaban J connectivity index is 0. The zero-order valence-electron chi connectivity index (χ0n) is 14.5. The molecule has 0 aromatic heterocycles. The van der Waals surface area contributed by atoms with Crippen molar-refractivity contribution in [3.8, 4) is 0 Å². The highest BCUT2D eigenvalue weighted by molar-refractivity contribution is 5.28. The van der Waals surface area contributed by atoms with Crippen LogP contribution in [0.1, 0.15) is 40.5 Å². The first-order valence-electron chi connectivity index (χ1n) is 7.86. The van der Waals surface area contributed by atoms with Crippen molar-refractivity contribution in [3.63, 3.8) is 0 Å². The van der Waals surface area contributed by atoms with Gasteiger partial charge in [0, 0.05) is 19.0 Å². The molecule has 22 heavy (non-hydrogen) atoms. The minimum absolute atomic E-state index is 0.479. The second-order valence-corrected chi connectivity index (χ2v) is 4.57. The van der Waals surface area contributed by atoms with Crippen LogP contribution in [-0.4, -0.2) is 24.4 Å². The zero-order chi connectivity index (χ0) is 17.5. The van der Waals surface area contributed by atoms with Crippen molar-refractivity contribution in [2.75, 3.05) is 13.1 Å². The molecule has 0 atom stereocenters. The maximum atomic E-state index is 12.5. The fourth-order valence-electron chi connectivity index (χ4n) is 1.93. The molecule has 1 rings (SSSR count). The van der Waals surface area contributed by atoms with E-state index in [2.05, 4.69) is 13.2 Å². The Kier molecular flexibility index (Phi) is 14.8. The average Bonchev–Trinajstić information content (AvgIpc) is 2.57. The smallest absolute Gasteiger partial charge is 0.241 e. The highest BCUT2D eigenvalue weighted by Gasteiger charge is 2.26. The predicted molar refractivity (Wildman–Crippen MR) is 93.7 cm³/mol. The first kappa shape index (κ1) is 22.7. The maximum Gasteiger partial charge on any atom is 0.241 e. The van der Waals surface area contributed by atoms with E-state index in [1.54, 1.807) is 12.2 Å². The van der Waals surface area contributed by atoms with Crippen LogP contribution in [0, 0.1) is 5.92 Å². The SMILES string of the molecule is C/C=C\C.C=C/C(N)=C(\C=C)N1CCC(C(F)F)CC1.CC. The second kappa shape index (κ2) is 14.4. The molecule has 1 fully saturated rings. The molecule has 1 saturated heterocycles. The number of likely N-dealkylation sites (tertiary alicyclic amines) is 1. The monoisotopic (exact) mass is 314 g/mol. The third-order valence-electron chi connectivity index (χ3n) is 3.28. The summed E-state index contributed by atoms with van der Waals surface area (Å²) in [6.07, 6.45) is 5.99. The topological polar surface area (TPSA) is 29.3 Å². The first-order chi connectivity index (χ1) is 10.5. The van der Waals surface area contributed by atoms with Crippen molar-refractivity contribution in [3.05, 3.63) is 48.9 Å². The minimum Gasteiger partial charge on any atom is -0.397 e. The molecule has 0 aromatic carbocycles. The summed E-state index contributed by atoms with van der Waals surface area (Å²) in [5, 5.41) is 0. The number of nitrogens with two attached hydrogens (primary N) is 1. The molecule has 2 N–H and O–H groups in total. The minimum atomic E-state index is -2.21. The van der Waals surface area contributed by atoms with Gasteiger partial charge in [-0.25, -0.2) is 8.78 Å². The van der Waals surface area contributed by atoms with E-state index in [4.69, 9.17) is 5.73 Å². The molecule has 0 bridgehead atoms. The Hall–Kier alpha value is -1.58. The second-order valence-electron chi connectivity index (χ2n) is 4.57. The van der Waals surface area contributed by atoms with E-state index in [-0.39, 0.29) is 0 Å². The van der Waals surface area contributed by atoms with E-state index in [0.717, 1.165) is 5.70 Å². The molecule has 0 saturated carbocycles. The van der Waals surface area contributed by atoms with Crippen molar-refractivity contribution in [2.45, 2.75) is 47.0 Å². The fourth-order valence-corrected chi connectivity index (χ4v) is 1.93. The molecule has 4 heteroatoms. The molecule has 0 unspecified atom stereocenters. The van der Waals surface area contributed by atoms with Gasteiger partial charge in [-0.05, 0) is 38.8 Å². The van der Waals surface area contributed by atoms with Gasteiger partial charge in [0.15, 0.2) is 0 Å². The summed E-state index contributed by atoms with van der Waals surface area (Å²) in [4.78, 5) is 1.99. The zero-order valence-corrected chi connectivity index (χ0v) is 14.5. The normalized spacial score (nSPS) is 16.2. The molecule has 0 aromatic rings. The molecule has 128 valence electrons. The number of allylic oxidation sites excluding steroid dienone is 4. The van der Waals surface area contributed by atoms with Crippen molar-refractivity contribution >= 4 is 0 Å². The van der Waals surface area contributed by atoms with Crippen LogP contribution >= 0.6 is 0 Å². The van der Waals surface area contributed by atoms with Crippen LogP contribution in [0.5, 0.6) is 0 Å². The van der Waals surface area contributed by atoms with Gasteiger partial charge in [-0.15, -0.1) is 0 Å². The molecule has 2 nitrogen and oxygen atoms in total. The van der Waals surface area contributed by atoms with E-state index >= 15 is 0 Å². The number of halogens is 2. The van der Waals surface area contributed by atoms with E-state index in [1.165, 1.54) is 0 Å². The van der Waals surface area contributed by atoms with Gasteiger partial charge in [-0.3, -0.25) is 0 Å². The number of rotatable bonds is 4. The Labute approximate surface area is 135 Å². The third kappa shape index (κ3) is 8.65. The van der Waals surface area contributed by atoms with Gasteiger partial charge in [0.05, 0.1) is 11.4 Å². The lowest BCUT2D eigenvalue weighted by atomic mass is 9.97. The highest BCUT2D eigenvalue weighted by Crippen LogP contribution is 2.26. The molecule has 1 heterocycles. The summed E-state index contributed by atoms with van der Waals surface area (Å²) < 4.78 is 24.9. The number of hydrogen-bond acceptors (Lipinski definition) is 2. The Morgan fingerprint density at radius 2 is 1.55 bits per heavy atom. The average molecular weight is 314 g/mol. The van der Waals surface area contributed by atoms with Crippen LogP contribution in [0.2, 0.25) is 0 Å². The van der Waals surface area contributed by atoms with Crippen molar-refractivity contribution in [2.24, 2.45) is 11.7 Å². The number of alkyl halides is 2. The lowest BCUT2D eigenvalue weighted by molar-refractivity contribution is 0.0425. The van der Waals surface area contributed by atoms with Gasteiger partial charge >= 0.3 is 0 Å². The van der Waals surface area contributed by atoms with Crippen LogP contribution < -0.4 is 5.73 Å². The quantitative estimate of drug-likeness (QED) is 0.577. The van der Waals surface area contributed by atoms with E-state index in [9.17, 15) is 8.78 Å². The standard InChI is InChI=1S/C12H18F2N2.C4H8.C2H6/c1-3-10(15)11(4-2)16-7-5-9(6-8-16)12(13)14;1-3-4-2;1-2/h3-4,9,12H,1-2,5-8,15H2;3-4H,1-2H3;1-2H3/b11-10-;4-3-;. The van der Waals surface area contributed by atoms with Gasteiger partial charge in [0.25, 0.3) is 0 Å². The largest absolute Gasteiger partial charge is 0.397 e. The van der Waals surface area contributed by atoms with Gasteiger partial charge in [-0.2, -0.15) is 0 Å². The highest BCUT2D eigenvalue weighted by atomic mass is 19.3. The van der Waals surface area contributed by atoms with Gasteiger partial charge < -0.3 is 10.6 Å². The Morgan fingerprint density at radius 1 is 1.09 bits per heavy atom. The van der Waals surface area contributed by atoms with Crippen LogP contribution in [0.15, 0.2) is 48.9 Å². The predicted octanol–water partition coefficient (Wildman–Crippen LogP) is 5.11. The summed E-state index contributed by atoms with van der Waals surface area (Å²) in [5.41, 5.74) is 7.09. The lowest BCUT2D eigenvalue weighted by Gasteiger charge is -2.34. The molecule has 1 aliphatic rings. The molecule has 0 amide bonds. The molecular formula is C18H32F2N2. The Bertz CT molecular complexity index is 348. The molecular weight excluding hydrogens is 282 g/mol.